The molecule has 0 amide bonds. The fraction of sp³-hybridized carbons (Fsp3) is 0.625. The highest BCUT2D eigenvalue weighted by Crippen LogP contribution is 2.11. The van der Waals surface area contributed by atoms with E-state index >= 15 is 0 Å². The molecule has 1 aliphatic heterocycles. The molecule has 0 aliphatic carbocycles. The maximum absolute atomic E-state index is 3.48. The van der Waals surface area contributed by atoms with Crippen molar-refractivity contribution in [3.63, 3.8) is 0 Å². The van der Waals surface area contributed by atoms with Crippen LogP contribution in [0.2, 0.25) is 0 Å². The van der Waals surface area contributed by atoms with Crippen LogP contribution < -0.4 is 0 Å². The monoisotopic (exact) mass is 324 g/mol. The van der Waals surface area contributed by atoms with Crippen molar-refractivity contribution < 1.29 is 0 Å². The van der Waals surface area contributed by atoms with Crippen LogP contribution in [-0.2, 0) is 6.42 Å². The van der Waals surface area contributed by atoms with E-state index in [-0.39, 0.29) is 0 Å². The Hall–Kier alpha value is -0.380. The van der Waals surface area contributed by atoms with E-state index in [1.54, 1.807) is 0 Å². The molecule has 1 fully saturated rings. The normalized spacial score (nSPS) is 17.0. The van der Waals surface area contributed by atoms with E-state index in [1.807, 2.05) is 0 Å². The van der Waals surface area contributed by atoms with Crippen molar-refractivity contribution in [2.45, 2.75) is 25.7 Å². The molecule has 3 heteroatoms. The average Bonchev–Trinajstić information content (AvgIpc) is 2.45. The number of halogens is 1. The molecule has 1 aliphatic rings. The van der Waals surface area contributed by atoms with E-state index in [4.69, 9.17) is 0 Å². The maximum Gasteiger partial charge on any atom is 0.0175 e. The Balaban J connectivity index is 1.63. The van der Waals surface area contributed by atoms with Crippen LogP contribution in [0.15, 0.2) is 28.7 Å². The van der Waals surface area contributed by atoms with Crippen LogP contribution in [-0.4, -0.2) is 49.6 Å². The van der Waals surface area contributed by atoms with Crippen LogP contribution in [0.25, 0.3) is 0 Å². The summed E-state index contributed by atoms with van der Waals surface area (Å²) in [5.74, 6) is 0. The minimum atomic E-state index is 1.14. The quantitative estimate of drug-likeness (QED) is 0.791. The van der Waals surface area contributed by atoms with Crippen LogP contribution in [0.1, 0.15) is 24.8 Å². The maximum atomic E-state index is 3.48. The fourth-order valence-electron chi connectivity index (χ4n) is 2.58. The summed E-state index contributed by atoms with van der Waals surface area (Å²) in [6.45, 7) is 6.18. The summed E-state index contributed by atoms with van der Waals surface area (Å²) >= 11 is 3.48. The molecule has 106 valence electrons. The summed E-state index contributed by atoms with van der Waals surface area (Å²) in [5, 5.41) is 0. The Labute approximate surface area is 125 Å². The predicted molar refractivity (Wildman–Crippen MR) is 85.6 cm³/mol. The molecule has 0 bridgehead atoms. The third-order valence-corrected chi connectivity index (χ3v) is 4.47. The topological polar surface area (TPSA) is 6.48 Å². The first kappa shape index (κ1) is 15.0. The Morgan fingerprint density at radius 1 is 1.05 bits per heavy atom. The van der Waals surface area contributed by atoms with Crippen molar-refractivity contribution in [1.82, 2.24) is 9.80 Å². The van der Waals surface area contributed by atoms with Gasteiger partial charge < -0.3 is 9.80 Å². The molecule has 0 aromatic heterocycles. The number of nitrogens with zero attached hydrogens (tertiary/aromatic N) is 2. The molecule has 1 aromatic carbocycles. The summed E-state index contributed by atoms with van der Waals surface area (Å²) in [7, 11) is 2.24. The number of piperidine rings is 1. The molecule has 0 saturated carbocycles. The lowest BCUT2D eigenvalue weighted by Gasteiger charge is -2.28. The number of hydrogen-bond acceptors (Lipinski definition) is 2. The standard InChI is InChI=1S/C16H25BrN2/c1-18(13-14-19-10-3-2-4-11-19)12-9-15-5-7-16(17)8-6-15/h5-8H,2-4,9-14H2,1H3. The van der Waals surface area contributed by atoms with E-state index in [2.05, 4.69) is 57.0 Å². The first-order chi connectivity index (χ1) is 9.24. The minimum absolute atomic E-state index is 1.14. The first-order valence-electron chi connectivity index (χ1n) is 7.39. The molecular weight excluding hydrogens is 300 g/mol. The number of rotatable bonds is 6. The molecular formula is C16H25BrN2. The van der Waals surface area contributed by atoms with Crippen LogP contribution in [0.4, 0.5) is 0 Å². The van der Waals surface area contributed by atoms with E-state index < -0.39 is 0 Å². The summed E-state index contributed by atoms with van der Waals surface area (Å²) < 4.78 is 1.16. The van der Waals surface area contributed by atoms with Crippen molar-refractivity contribution in [3.8, 4) is 0 Å². The van der Waals surface area contributed by atoms with Gasteiger partial charge in [-0.2, -0.15) is 0 Å². The molecule has 1 aromatic rings. The largest absolute Gasteiger partial charge is 0.305 e. The third-order valence-electron chi connectivity index (χ3n) is 3.94. The number of likely N-dealkylation sites (N-methyl/N-ethyl adjacent to an activating group) is 1. The second-order valence-electron chi connectivity index (χ2n) is 5.58. The van der Waals surface area contributed by atoms with E-state index in [0.717, 1.165) is 17.4 Å². The van der Waals surface area contributed by atoms with Gasteiger partial charge in [0.25, 0.3) is 0 Å². The van der Waals surface area contributed by atoms with Crippen molar-refractivity contribution in [2.75, 3.05) is 39.8 Å². The average molecular weight is 325 g/mol. The number of likely N-dealkylation sites (tertiary alicyclic amines) is 1. The van der Waals surface area contributed by atoms with Crippen molar-refractivity contribution >= 4 is 15.9 Å². The first-order valence-corrected chi connectivity index (χ1v) is 8.19. The van der Waals surface area contributed by atoms with Crippen LogP contribution in [0.3, 0.4) is 0 Å². The molecule has 0 radical (unpaired) electrons. The SMILES string of the molecule is CN(CCc1ccc(Br)cc1)CCN1CCCCC1. The van der Waals surface area contributed by atoms with E-state index in [1.165, 1.54) is 51.0 Å². The third kappa shape index (κ3) is 5.64. The lowest BCUT2D eigenvalue weighted by atomic mass is 10.1. The second-order valence-corrected chi connectivity index (χ2v) is 6.50. The molecule has 19 heavy (non-hydrogen) atoms. The van der Waals surface area contributed by atoms with Gasteiger partial charge >= 0.3 is 0 Å². The zero-order chi connectivity index (χ0) is 13.5. The zero-order valence-corrected chi connectivity index (χ0v) is 13.5. The molecule has 1 heterocycles. The molecule has 2 rings (SSSR count). The predicted octanol–water partition coefficient (Wildman–Crippen LogP) is 3.41. The Bertz CT molecular complexity index is 358. The Morgan fingerprint density at radius 2 is 1.74 bits per heavy atom. The molecule has 1 saturated heterocycles. The van der Waals surface area contributed by atoms with Crippen molar-refractivity contribution in [1.29, 1.82) is 0 Å². The van der Waals surface area contributed by atoms with Gasteiger partial charge in [0.15, 0.2) is 0 Å². The van der Waals surface area contributed by atoms with Gasteiger partial charge in [0.2, 0.25) is 0 Å². The van der Waals surface area contributed by atoms with Crippen LogP contribution in [0.5, 0.6) is 0 Å². The lowest BCUT2D eigenvalue weighted by Crippen LogP contribution is -2.37. The molecule has 0 atom stereocenters. The summed E-state index contributed by atoms with van der Waals surface area (Å²) in [5.41, 5.74) is 1.42. The fourth-order valence-corrected chi connectivity index (χ4v) is 2.84. The van der Waals surface area contributed by atoms with Gasteiger partial charge in [-0.3, -0.25) is 0 Å². The zero-order valence-electron chi connectivity index (χ0n) is 11.9. The van der Waals surface area contributed by atoms with Crippen molar-refractivity contribution in [2.24, 2.45) is 0 Å². The molecule has 0 unspecified atom stereocenters. The minimum Gasteiger partial charge on any atom is -0.305 e. The molecule has 0 spiro atoms. The summed E-state index contributed by atoms with van der Waals surface area (Å²) in [6.07, 6.45) is 5.35. The van der Waals surface area contributed by atoms with Gasteiger partial charge in [0, 0.05) is 24.1 Å². The second kappa shape index (κ2) is 8.03. The molecule has 2 nitrogen and oxygen atoms in total. The van der Waals surface area contributed by atoms with Gasteiger partial charge in [0.05, 0.1) is 0 Å². The van der Waals surface area contributed by atoms with Crippen LogP contribution in [0, 0.1) is 0 Å². The van der Waals surface area contributed by atoms with E-state index in [0.29, 0.717) is 0 Å². The van der Waals surface area contributed by atoms with Crippen molar-refractivity contribution in [3.05, 3.63) is 34.3 Å². The van der Waals surface area contributed by atoms with Gasteiger partial charge in [0.1, 0.15) is 0 Å². The summed E-state index contributed by atoms with van der Waals surface area (Å²) in [4.78, 5) is 5.07. The highest BCUT2D eigenvalue weighted by atomic mass is 79.9. The van der Waals surface area contributed by atoms with Gasteiger partial charge in [-0.15, -0.1) is 0 Å². The summed E-state index contributed by atoms with van der Waals surface area (Å²) in [6, 6.07) is 8.68. The van der Waals surface area contributed by atoms with E-state index in [9.17, 15) is 0 Å². The van der Waals surface area contributed by atoms with Gasteiger partial charge in [-0.25, -0.2) is 0 Å². The molecule has 0 N–H and O–H groups in total. The number of hydrogen-bond donors (Lipinski definition) is 0. The Morgan fingerprint density at radius 3 is 2.42 bits per heavy atom. The van der Waals surface area contributed by atoms with Crippen LogP contribution >= 0.6 is 15.9 Å². The highest BCUT2D eigenvalue weighted by molar-refractivity contribution is 9.10. The lowest BCUT2D eigenvalue weighted by molar-refractivity contribution is 0.197. The highest BCUT2D eigenvalue weighted by Gasteiger charge is 2.10. The smallest absolute Gasteiger partial charge is 0.0175 e. The Kier molecular flexibility index (Phi) is 6.35. The number of benzene rings is 1. The van der Waals surface area contributed by atoms with Gasteiger partial charge in [-0.05, 0) is 57.1 Å². The van der Waals surface area contributed by atoms with Gasteiger partial charge in [-0.1, -0.05) is 34.5 Å².